The molecule has 0 aromatic heterocycles. The van der Waals surface area contributed by atoms with Crippen LogP contribution in [0.1, 0.15) is 99.3 Å². The Labute approximate surface area is 186 Å². The zero-order chi connectivity index (χ0) is 21.7. The van der Waals surface area contributed by atoms with Crippen LogP contribution in [0.4, 0.5) is 0 Å². The van der Waals surface area contributed by atoms with Crippen LogP contribution in [-0.4, -0.2) is 11.2 Å². The van der Waals surface area contributed by atoms with Crippen LogP contribution < -0.4 is 0 Å². The summed E-state index contributed by atoms with van der Waals surface area (Å²) in [5.74, 6) is 5.32. The van der Waals surface area contributed by atoms with Crippen molar-refractivity contribution >= 4 is 0 Å². The SMILES string of the molecule is CCC(/C=C/[C@@H](C)[C@H]1CC[C@H]2C3=CC[C@H]4C[C@@H](O)CC[C@]4(C)[C@H]3CC[C@]12C)C(C)C. The molecule has 1 nitrogen and oxygen atoms in total. The number of allylic oxidation sites excluding steroid dienone is 4. The lowest BCUT2D eigenvalue weighted by molar-refractivity contribution is -0.0414. The minimum atomic E-state index is -0.0480. The van der Waals surface area contributed by atoms with E-state index in [2.05, 4.69) is 59.8 Å². The Morgan fingerprint density at radius 3 is 2.40 bits per heavy atom. The Bertz CT molecular complexity index is 674. The molecule has 9 atom stereocenters. The summed E-state index contributed by atoms with van der Waals surface area (Å²) in [6, 6.07) is 0. The van der Waals surface area contributed by atoms with Gasteiger partial charge in [0, 0.05) is 0 Å². The highest BCUT2D eigenvalue weighted by Crippen LogP contribution is 2.66. The largest absolute Gasteiger partial charge is 0.393 e. The van der Waals surface area contributed by atoms with Gasteiger partial charge in [-0.05, 0) is 110 Å². The maximum atomic E-state index is 10.3. The standard InChI is InChI=1S/C29H48O/c1-7-21(19(2)3)9-8-20(4)25-12-13-26-24-11-10-22-18-23(30)14-16-28(22,5)27(24)15-17-29(25,26)6/h8-9,11,19-23,25-27,30H,7,10,12-18H2,1-6H3/b9-8+/t20-,21?,22+,23+,25-,26+,27+,28+,29-/m1/s1. The maximum Gasteiger partial charge on any atom is 0.0543 e. The molecule has 30 heavy (non-hydrogen) atoms. The first-order valence-electron chi connectivity index (χ1n) is 13.3. The van der Waals surface area contributed by atoms with Crippen LogP contribution in [0, 0.1) is 52.3 Å². The van der Waals surface area contributed by atoms with Gasteiger partial charge in [-0.3, -0.25) is 0 Å². The lowest BCUT2D eigenvalue weighted by Gasteiger charge is -2.57. The minimum Gasteiger partial charge on any atom is -0.393 e. The summed E-state index contributed by atoms with van der Waals surface area (Å²) in [6.07, 6.45) is 19.2. The van der Waals surface area contributed by atoms with Crippen LogP contribution >= 0.6 is 0 Å². The van der Waals surface area contributed by atoms with Crippen LogP contribution in [0.2, 0.25) is 0 Å². The monoisotopic (exact) mass is 412 g/mol. The number of rotatable bonds is 5. The van der Waals surface area contributed by atoms with Crippen molar-refractivity contribution in [2.45, 2.75) is 105 Å². The van der Waals surface area contributed by atoms with Gasteiger partial charge < -0.3 is 5.11 Å². The molecule has 1 unspecified atom stereocenters. The molecule has 1 N–H and O–H groups in total. The second-order valence-corrected chi connectivity index (χ2v) is 12.5. The van der Waals surface area contributed by atoms with Crippen molar-refractivity contribution in [3.8, 4) is 0 Å². The van der Waals surface area contributed by atoms with E-state index in [0.29, 0.717) is 22.7 Å². The zero-order valence-electron chi connectivity index (χ0n) is 20.7. The smallest absolute Gasteiger partial charge is 0.0543 e. The molecule has 0 bridgehead atoms. The highest BCUT2D eigenvalue weighted by atomic mass is 16.3. The van der Waals surface area contributed by atoms with Gasteiger partial charge in [0.25, 0.3) is 0 Å². The summed E-state index contributed by atoms with van der Waals surface area (Å²) in [6.45, 7) is 14.8. The van der Waals surface area contributed by atoms with Crippen molar-refractivity contribution in [1.29, 1.82) is 0 Å². The predicted octanol–water partition coefficient (Wildman–Crippen LogP) is 7.80. The molecular weight excluding hydrogens is 364 g/mol. The summed E-state index contributed by atoms with van der Waals surface area (Å²) in [7, 11) is 0. The Morgan fingerprint density at radius 1 is 1.00 bits per heavy atom. The number of aliphatic hydroxyl groups excluding tert-OH is 1. The van der Waals surface area contributed by atoms with E-state index in [9.17, 15) is 5.11 Å². The second-order valence-electron chi connectivity index (χ2n) is 12.5. The van der Waals surface area contributed by atoms with Gasteiger partial charge in [-0.2, -0.15) is 0 Å². The average Bonchev–Trinajstić information content (AvgIpc) is 3.06. The molecule has 0 aromatic rings. The third-order valence-corrected chi connectivity index (χ3v) is 10.7. The first-order chi connectivity index (χ1) is 14.2. The van der Waals surface area contributed by atoms with Crippen molar-refractivity contribution in [3.05, 3.63) is 23.8 Å². The number of aliphatic hydroxyl groups is 1. The van der Waals surface area contributed by atoms with E-state index in [-0.39, 0.29) is 6.10 Å². The maximum absolute atomic E-state index is 10.3. The molecule has 0 aromatic carbocycles. The molecule has 4 aliphatic rings. The molecule has 0 radical (unpaired) electrons. The molecule has 0 saturated heterocycles. The van der Waals surface area contributed by atoms with Gasteiger partial charge in [-0.15, -0.1) is 0 Å². The first-order valence-corrected chi connectivity index (χ1v) is 13.3. The summed E-state index contributed by atoms with van der Waals surface area (Å²) < 4.78 is 0. The molecule has 3 saturated carbocycles. The summed E-state index contributed by atoms with van der Waals surface area (Å²) in [5, 5.41) is 10.3. The van der Waals surface area contributed by atoms with E-state index >= 15 is 0 Å². The van der Waals surface area contributed by atoms with Crippen LogP contribution in [0.5, 0.6) is 0 Å². The van der Waals surface area contributed by atoms with Gasteiger partial charge in [0.2, 0.25) is 0 Å². The highest BCUT2D eigenvalue weighted by Gasteiger charge is 2.57. The minimum absolute atomic E-state index is 0.0480. The van der Waals surface area contributed by atoms with Gasteiger partial charge in [-0.1, -0.05) is 65.3 Å². The van der Waals surface area contributed by atoms with E-state index in [4.69, 9.17) is 0 Å². The molecule has 4 aliphatic carbocycles. The zero-order valence-corrected chi connectivity index (χ0v) is 20.7. The fourth-order valence-corrected chi connectivity index (χ4v) is 8.68. The number of fused-ring (bicyclic) bond motifs is 5. The Hall–Kier alpha value is -0.560. The molecule has 4 rings (SSSR count). The van der Waals surface area contributed by atoms with E-state index in [0.717, 1.165) is 42.4 Å². The van der Waals surface area contributed by atoms with Gasteiger partial charge in [0.15, 0.2) is 0 Å². The van der Waals surface area contributed by atoms with Gasteiger partial charge in [0.05, 0.1) is 6.10 Å². The highest BCUT2D eigenvalue weighted by molar-refractivity contribution is 5.28. The molecule has 3 fully saturated rings. The van der Waals surface area contributed by atoms with Crippen molar-refractivity contribution in [1.82, 2.24) is 0 Å². The van der Waals surface area contributed by atoms with E-state index < -0.39 is 0 Å². The molecule has 0 spiro atoms. The molecule has 1 heteroatoms. The fourth-order valence-electron chi connectivity index (χ4n) is 8.68. The fraction of sp³-hybridized carbons (Fsp3) is 0.862. The first kappa shape index (κ1) is 22.6. The molecule has 0 aliphatic heterocycles. The lowest BCUT2D eigenvalue weighted by Crippen LogP contribution is -2.49. The molecule has 0 heterocycles. The van der Waals surface area contributed by atoms with Gasteiger partial charge in [0.1, 0.15) is 0 Å². The van der Waals surface area contributed by atoms with Crippen LogP contribution in [0.25, 0.3) is 0 Å². The van der Waals surface area contributed by atoms with E-state index in [1.807, 2.05) is 5.57 Å². The molecular formula is C29H48O. The second kappa shape index (κ2) is 8.42. The number of hydrogen-bond acceptors (Lipinski definition) is 1. The van der Waals surface area contributed by atoms with Crippen molar-refractivity contribution < 1.29 is 5.11 Å². The number of hydrogen-bond donors (Lipinski definition) is 1. The van der Waals surface area contributed by atoms with Crippen molar-refractivity contribution in [3.63, 3.8) is 0 Å². The van der Waals surface area contributed by atoms with Gasteiger partial charge in [-0.25, -0.2) is 0 Å². The van der Waals surface area contributed by atoms with E-state index in [1.165, 1.54) is 44.9 Å². The third-order valence-electron chi connectivity index (χ3n) is 10.7. The van der Waals surface area contributed by atoms with Crippen molar-refractivity contribution in [2.75, 3.05) is 0 Å². The van der Waals surface area contributed by atoms with E-state index in [1.54, 1.807) is 0 Å². The Balaban J connectivity index is 1.53. The van der Waals surface area contributed by atoms with Crippen LogP contribution in [0.15, 0.2) is 23.8 Å². The predicted molar refractivity (Wildman–Crippen MR) is 128 cm³/mol. The van der Waals surface area contributed by atoms with Gasteiger partial charge >= 0.3 is 0 Å². The summed E-state index contributed by atoms with van der Waals surface area (Å²) in [5.41, 5.74) is 2.79. The third kappa shape index (κ3) is 3.66. The Kier molecular flexibility index (Phi) is 6.35. The molecule has 170 valence electrons. The van der Waals surface area contributed by atoms with Crippen molar-refractivity contribution in [2.24, 2.45) is 52.3 Å². The summed E-state index contributed by atoms with van der Waals surface area (Å²) >= 11 is 0. The average molecular weight is 413 g/mol. The van der Waals surface area contributed by atoms with Crippen LogP contribution in [0.3, 0.4) is 0 Å². The quantitative estimate of drug-likeness (QED) is 0.457. The Morgan fingerprint density at radius 2 is 1.70 bits per heavy atom. The van der Waals surface area contributed by atoms with Crippen LogP contribution in [-0.2, 0) is 0 Å². The molecule has 0 amide bonds. The normalized spacial score (nSPS) is 45.6. The topological polar surface area (TPSA) is 20.2 Å². The lowest BCUT2D eigenvalue weighted by atomic mass is 9.47. The summed E-state index contributed by atoms with van der Waals surface area (Å²) in [4.78, 5) is 0.